The van der Waals surface area contributed by atoms with Crippen molar-refractivity contribution in [2.45, 2.75) is 59.9 Å². The molecule has 0 aliphatic rings. The van der Waals surface area contributed by atoms with Gasteiger partial charge in [0.05, 0.1) is 12.8 Å². The third-order valence-corrected chi connectivity index (χ3v) is 4.42. The molecule has 0 aliphatic heterocycles. The van der Waals surface area contributed by atoms with E-state index < -0.39 is 12.0 Å². The van der Waals surface area contributed by atoms with Crippen molar-refractivity contribution in [2.75, 3.05) is 7.11 Å². The molecule has 0 aliphatic carbocycles. The lowest BCUT2D eigenvalue weighted by Gasteiger charge is -2.18. The zero-order valence-corrected chi connectivity index (χ0v) is 16.4. The van der Waals surface area contributed by atoms with Gasteiger partial charge in [0, 0.05) is 23.9 Å². The Morgan fingerprint density at radius 3 is 2.58 bits per heavy atom. The van der Waals surface area contributed by atoms with Crippen molar-refractivity contribution in [1.29, 1.82) is 0 Å². The number of aromatic nitrogens is 3. The number of methoxy groups -OCH3 is 1. The predicted molar refractivity (Wildman–Crippen MR) is 98.9 cm³/mol. The van der Waals surface area contributed by atoms with Crippen LogP contribution in [0.3, 0.4) is 0 Å². The molecule has 0 aromatic carbocycles. The molecule has 7 heteroatoms. The Morgan fingerprint density at radius 2 is 1.96 bits per heavy atom. The van der Waals surface area contributed by atoms with Crippen LogP contribution in [0.5, 0.6) is 0 Å². The van der Waals surface area contributed by atoms with Crippen LogP contribution >= 0.6 is 0 Å². The van der Waals surface area contributed by atoms with Crippen LogP contribution in [0.25, 0.3) is 5.65 Å². The molecular weight excluding hydrogens is 332 g/mol. The fourth-order valence-corrected chi connectivity index (χ4v) is 3.14. The van der Waals surface area contributed by atoms with Crippen molar-refractivity contribution in [3.63, 3.8) is 0 Å². The first-order chi connectivity index (χ1) is 12.2. The molecule has 1 N–H and O–H groups in total. The summed E-state index contributed by atoms with van der Waals surface area (Å²) in [5.41, 5.74) is 4.61. The van der Waals surface area contributed by atoms with Crippen LogP contribution in [0.1, 0.15) is 49.3 Å². The van der Waals surface area contributed by atoms with Gasteiger partial charge in [0.25, 0.3) is 0 Å². The van der Waals surface area contributed by atoms with E-state index in [9.17, 15) is 9.59 Å². The summed E-state index contributed by atoms with van der Waals surface area (Å²) in [4.78, 5) is 28.8. The minimum absolute atomic E-state index is 0.170. The predicted octanol–water partition coefficient (Wildman–Crippen LogP) is 2.29. The second-order valence-electron chi connectivity index (χ2n) is 7.09. The summed E-state index contributed by atoms with van der Waals surface area (Å²) in [5, 5.41) is 7.24. The molecule has 7 nitrogen and oxygen atoms in total. The van der Waals surface area contributed by atoms with E-state index in [1.54, 1.807) is 0 Å². The van der Waals surface area contributed by atoms with Crippen molar-refractivity contribution in [3.8, 4) is 0 Å². The number of nitrogens with one attached hydrogen (secondary N) is 1. The Bertz CT molecular complexity index is 811. The maximum absolute atomic E-state index is 12.4. The normalized spacial score (nSPS) is 12.4. The number of amides is 1. The second-order valence-corrected chi connectivity index (χ2v) is 7.09. The van der Waals surface area contributed by atoms with E-state index in [1.807, 2.05) is 45.2 Å². The van der Waals surface area contributed by atoms with Gasteiger partial charge in [-0.25, -0.2) is 14.3 Å². The lowest BCUT2D eigenvalue weighted by atomic mass is 10.0. The van der Waals surface area contributed by atoms with Crippen LogP contribution in [0.4, 0.5) is 0 Å². The molecule has 26 heavy (non-hydrogen) atoms. The quantitative estimate of drug-likeness (QED) is 0.766. The fourth-order valence-electron chi connectivity index (χ4n) is 3.14. The third-order valence-electron chi connectivity index (χ3n) is 4.42. The van der Waals surface area contributed by atoms with Gasteiger partial charge in [-0.3, -0.25) is 4.79 Å². The summed E-state index contributed by atoms with van der Waals surface area (Å²) in [7, 11) is 1.33. The van der Waals surface area contributed by atoms with Gasteiger partial charge in [-0.1, -0.05) is 13.8 Å². The maximum Gasteiger partial charge on any atom is 0.328 e. The average molecular weight is 360 g/mol. The molecule has 2 rings (SSSR count). The van der Waals surface area contributed by atoms with Crippen LogP contribution in [-0.2, 0) is 20.7 Å². The van der Waals surface area contributed by atoms with Crippen molar-refractivity contribution >= 4 is 17.5 Å². The highest BCUT2D eigenvalue weighted by Gasteiger charge is 2.22. The molecule has 2 aromatic heterocycles. The van der Waals surface area contributed by atoms with Gasteiger partial charge in [0.15, 0.2) is 5.65 Å². The number of fused-ring (bicyclic) bond motifs is 1. The number of hydrogen-bond acceptors (Lipinski definition) is 5. The number of nitrogens with zero attached hydrogens (tertiary/aromatic N) is 3. The smallest absolute Gasteiger partial charge is 0.328 e. The molecule has 0 saturated heterocycles. The van der Waals surface area contributed by atoms with Gasteiger partial charge >= 0.3 is 5.97 Å². The van der Waals surface area contributed by atoms with Crippen molar-refractivity contribution in [3.05, 3.63) is 28.7 Å². The Kier molecular flexibility index (Phi) is 6.34. The van der Waals surface area contributed by atoms with Gasteiger partial charge in [-0.15, -0.1) is 0 Å². The van der Waals surface area contributed by atoms with Gasteiger partial charge < -0.3 is 10.1 Å². The number of carbonyl (C=O) groups is 2. The fraction of sp³-hybridized carbons (Fsp3) is 0.579. The first-order valence-electron chi connectivity index (χ1n) is 8.92. The number of aryl methyl sites for hydroxylation is 3. The Labute approximate surface area is 154 Å². The molecule has 0 spiro atoms. The zero-order chi connectivity index (χ0) is 19.4. The van der Waals surface area contributed by atoms with E-state index in [-0.39, 0.29) is 18.2 Å². The van der Waals surface area contributed by atoms with E-state index in [2.05, 4.69) is 15.4 Å². The van der Waals surface area contributed by atoms with E-state index in [0.29, 0.717) is 12.8 Å². The molecule has 1 amide bonds. The highest BCUT2D eigenvalue weighted by Crippen LogP contribution is 2.17. The molecule has 0 bridgehead atoms. The first-order valence-corrected chi connectivity index (χ1v) is 8.92. The second kappa shape index (κ2) is 8.29. The third kappa shape index (κ3) is 4.59. The number of carbonyl (C=O) groups excluding carboxylic acids is 2. The number of esters is 1. The van der Waals surface area contributed by atoms with Crippen LogP contribution in [0, 0.1) is 26.7 Å². The molecule has 2 aromatic rings. The molecular formula is C19H28N4O3. The Hall–Kier alpha value is -2.44. The van der Waals surface area contributed by atoms with E-state index in [4.69, 9.17) is 4.74 Å². The largest absolute Gasteiger partial charge is 0.467 e. The summed E-state index contributed by atoms with van der Waals surface area (Å²) in [6.45, 7) is 9.86. The molecule has 0 radical (unpaired) electrons. The number of hydrogen-bond donors (Lipinski definition) is 1. The van der Waals surface area contributed by atoms with Crippen molar-refractivity contribution in [2.24, 2.45) is 5.92 Å². The van der Waals surface area contributed by atoms with Gasteiger partial charge in [0.2, 0.25) is 5.91 Å². The van der Waals surface area contributed by atoms with E-state index >= 15 is 0 Å². The van der Waals surface area contributed by atoms with Gasteiger partial charge in [-0.05, 0) is 45.1 Å². The summed E-state index contributed by atoms with van der Waals surface area (Å²) >= 11 is 0. The van der Waals surface area contributed by atoms with Gasteiger partial charge in [0.1, 0.15) is 6.04 Å². The summed E-state index contributed by atoms with van der Waals surface area (Å²) in [6, 6.07) is 1.33. The average Bonchev–Trinajstić information content (AvgIpc) is 2.93. The lowest BCUT2D eigenvalue weighted by molar-refractivity contribution is -0.145. The summed E-state index contributed by atoms with van der Waals surface area (Å²) in [6.07, 6.45) is 1.37. The monoisotopic (exact) mass is 360 g/mol. The molecule has 0 saturated carbocycles. The highest BCUT2D eigenvalue weighted by molar-refractivity contribution is 5.84. The molecule has 0 fully saturated rings. The molecule has 1 unspecified atom stereocenters. The molecule has 2 heterocycles. The summed E-state index contributed by atoms with van der Waals surface area (Å²) < 4.78 is 6.60. The van der Waals surface area contributed by atoms with E-state index in [0.717, 1.165) is 28.3 Å². The summed E-state index contributed by atoms with van der Waals surface area (Å²) in [5.74, 6) is -0.301. The SMILES string of the molecule is COC(=O)C(CC(C)C)NC(=O)CCc1c(C)nc2cc(C)nn2c1C. The standard InChI is InChI=1S/C19H28N4O3/c1-11(2)9-16(19(25)26-6)21-18(24)8-7-15-13(4)20-17-10-12(3)22-23(17)14(15)5/h10-11,16H,7-9H2,1-6H3,(H,21,24). The first kappa shape index (κ1) is 19.9. The van der Waals surface area contributed by atoms with Crippen molar-refractivity contribution in [1.82, 2.24) is 19.9 Å². The Morgan fingerprint density at radius 1 is 1.27 bits per heavy atom. The molecule has 1 atom stereocenters. The van der Waals surface area contributed by atoms with Crippen LogP contribution < -0.4 is 5.32 Å². The van der Waals surface area contributed by atoms with Crippen LogP contribution in [0.15, 0.2) is 6.07 Å². The minimum Gasteiger partial charge on any atom is -0.467 e. The van der Waals surface area contributed by atoms with Crippen LogP contribution in [0.2, 0.25) is 0 Å². The zero-order valence-electron chi connectivity index (χ0n) is 16.4. The van der Waals surface area contributed by atoms with Crippen LogP contribution in [-0.4, -0.2) is 39.6 Å². The number of rotatable bonds is 7. The van der Waals surface area contributed by atoms with E-state index in [1.165, 1.54) is 7.11 Å². The number of ether oxygens (including phenoxy) is 1. The Balaban J connectivity index is 2.09. The highest BCUT2D eigenvalue weighted by atomic mass is 16.5. The lowest BCUT2D eigenvalue weighted by Crippen LogP contribution is -2.42. The minimum atomic E-state index is -0.607. The maximum atomic E-state index is 12.4. The van der Waals surface area contributed by atoms with Crippen molar-refractivity contribution < 1.29 is 14.3 Å². The molecule has 142 valence electrons. The van der Waals surface area contributed by atoms with Gasteiger partial charge in [-0.2, -0.15) is 5.10 Å². The topological polar surface area (TPSA) is 85.6 Å².